The maximum absolute atomic E-state index is 12.1. The van der Waals surface area contributed by atoms with Crippen LogP contribution < -0.4 is 10.1 Å². The normalized spacial score (nSPS) is 16.7. The monoisotopic (exact) mass is 330 g/mol. The molecular weight excluding hydrogens is 308 g/mol. The molecule has 1 aliphatic carbocycles. The molecule has 0 unspecified atom stereocenters. The van der Waals surface area contributed by atoms with E-state index in [0.29, 0.717) is 25.0 Å². The number of esters is 1. The molecule has 0 saturated heterocycles. The maximum Gasteiger partial charge on any atom is 0.347 e. The zero-order valence-corrected chi connectivity index (χ0v) is 13.8. The van der Waals surface area contributed by atoms with E-state index in [9.17, 15) is 14.9 Å². The van der Waals surface area contributed by atoms with Crippen molar-refractivity contribution in [1.82, 2.24) is 5.32 Å². The lowest BCUT2D eigenvalue weighted by Crippen LogP contribution is -2.47. The Bertz CT molecular complexity index is 603. The first kappa shape index (κ1) is 17.8. The molecular formula is C18H22N2O4. The van der Waals surface area contributed by atoms with E-state index in [0.717, 1.165) is 12.8 Å². The molecule has 0 aliphatic heterocycles. The summed E-state index contributed by atoms with van der Waals surface area (Å²) in [5.41, 5.74) is -0.811. The van der Waals surface area contributed by atoms with Crippen molar-refractivity contribution in [3.05, 3.63) is 30.3 Å². The Hall–Kier alpha value is -2.55. The number of nitrogens with one attached hydrogen (secondary N) is 1. The molecule has 1 N–H and O–H groups in total. The number of nitrogens with zero attached hydrogens (tertiary/aromatic N) is 1. The molecule has 2 rings (SSSR count). The summed E-state index contributed by atoms with van der Waals surface area (Å²) in [6, 6.07) is 11.1. The lowest BCUT2D eigenvalue weighted by Gasteiger charge is -2.22. The van der Waals surface area contributed by atoms with Gasteiger partial charge in [0, 0.05) is 0 Å². The number of ether oxygens (including phenoxy) is 2. The minimum absolute atomic E-state index is 0.406. The summed E-state index contributed by atoms with van der Waals surface area (Å²) < 4.78 is 10.6. The molecule has 0 spiro atoms. The second-order valence-corrected chi connectivity index (χ2v) is 5.88. The van der Waals surface area contributed by atoms with Crippen LogP contribution in [0, 0.1) is 11.3 Å². The maximum atomic E-state index is 12.1. The number of hydrogen-bond donors (Lipinski definition) is 1. The molecule has 0 bridgehead atoms. The minimum Gasteiger partial charge on any atom is -0.479 e. The molecule has 0 aromatic heterocycles. The van der Waals surface area contributed by atoms with E-state index in [2.05, 4.69) is 11.4 Å². The zero-order chi connectivity index (χ0) is 17.4. The molecule has 128 valence electrons. The molecule has 1 aromatic rings. The Balaban J connectivity index is 1.82. The van der Waals surface area contributed by atoms with Crippen molar-refractivity contribution >= 4 is 11.9 Å². The van der Waals surface area contributed by atoms with Crippen molar-refractivity contribution in [2.24, 2.45) is 0 Å². The van der Waals surface area contributed by atoms with Crippen molar-refractivity contribution in [2.45, 2.75) is 50.7 Å². The average Bonchev–Trinajstić information content (AvgIpc) is 3.07. The first-order valence-electron chi connectivity index (χ1n) is 8.19. The van der Waals surface area contributed by atoms with Crippen LogP contribution in [0.15, 0.2) is 30.3 Å². The van der Waals surface area contributed by atoms with Gasteiger partial charge in [-0.2, -0.15) is 5.26 Å². The quantitative estimate of drug-likeness (QED) is 0.775. The van der Waals surface area contributed by atoms with E-state index < -0.39 is 30.1 Å². The molecule has 1 amide bonds. The van der Waals surface area contributed by atoms with E-state index in [1.165, 1.54) is 0 Å². The molecule has 1 saturated carbocycles. The third-order valence-electron chi connectivity index (χ3n) is 4.05. The fourth-order valence-corrected chi connectivity index (χ4v) is 2.74. The Kier molecular flexibility index (Phi) is 6.19. The van der Waals surface area contributed by atoms with Crippen molar-refractivity contribution in [3.8, 4) is 11.8 Å². The van der Waals surface area contributed by atoms with E-state index in [4.69, 9.17) is 9.47 Å². The van der Waals surface area contributed by atoms with Gasteiger partial charge in [0.25, 0.3) is 5.91 Å². The summed E-state index contributed by atoms with van der Waals surface area (Å²) >= 11 is 0. The molecule has 1 atom stereocenters. The first-order valence-corrected chi connectivity index (χ1v) is 8.19. The number of rotatable bonds is 7. The van der Waals surface area contributed by atoms with Crippen LogP contribution in [0.1, 0.15) is 39.0 Å². The largest absolute Gasteiger partial charge is 0.479 e. The fraction of sp³-hybridized carbons (Fsp3) is 0.500. The molecule has 24 heavy (non-hydrogen) atoms. The van der Waals surface area contributed by atoms with Gasteiger partial charge in [0.1, 0.15) is 11.3 Å². The minimum atomic E-state index is -0.811. The predicted octanol–water partition coefficient (Wildman–Crippen LogP) is 2.34. The SMILES string of the molecule is CC[C@@H](Oc1ccccc1)C(=O)OCC(=O)NC1(C#N)CCCC1. The summed E-state index contributed by atoms with van der Waals surface area (Å²) in [6.07, 6.45) is 2.76. The Morgan fingerprint density at radius 3 is 2.54 bits per heavy atom. The van der Waals surface area contributed by atoms with Gasteiger partial charge in [-0.1, -0.05) is 25.1 Å². The van der Waals surface area contributed by atoms with Crippen LogP contribution in [0.25, 0.3) is 0 Å². The van der Waals surface area contributed by atoms with E-state index in [1.807, 2.05) is 18.2 Å². The van der Waals surface area contributed by atoms with Gasteiger partial charge in [-0.25, -0.2) is 4.79 Å². The van der Waals surface area contributed by atoms with Gasteiger partial charge in [-0.3, -0.25) is 4.79 Å². The van der Waals surface area contributed by atoms with E-state index >= 15 is 0 Å². The topological polar surface area (TPSA) is 88.4 Å². The van der Waals surface area contributed by atoms with Gasteiger partial charge in [0.05, 0.1) is 6.07 Å². The zero-order valence-electron chi connectivity index (χ0n) is 13.8. The highest BCUT2D eigenvalue weighted by Gasteiger charge is 2.35. The Morgan fingerprint density at radius 1 is 1.29 bits per heavy atom. The van der Waals surface area contributed by atoms with Crippen molar-refractivity contribution < 1.29 is 19.1 Å². The number of benzene rings is 1. The summed E-state index contributed by atoms with van der Waals surface area (Å²) in [5.74, 6) is -0.476. The van der Waals surface area contributed by atoms with Crippen LogP contribution >= 0.6 is 0 Å². The summed E-state index contributed by atoms with van der Waals surface area (Å²) in [7, 11) is 0. The van der Waals surface area contributed by atoms with Crippen LogP contribution in [-0.2, 0) is 14.3 Å². The fourth-order valence-electron chi connectivity index (χ4n) is 2.74. The smallest absolute Gasteiger partial charge is 0.347 e. The van der Waals surface area contributed by atoms with Gasteiger partial charge in [-0.15, -0.1) is 0 Å². The molecule has 6 nitrogen and oxygen atoms in total. The second-order valence-electron chi connectivity index (χ2n) is 5.88. The first-order chi connectivity index (χ1) is 11.6. The van der Waals surface area contributed by atoms with Crippen LogP contribution in [0.3, 0.4) is 0 Å². The second kappa shape index (κ2) is 8.34. The van der Waals surface area contributed by atoms with Crippen LogP contribution in [0.2, 0.25) is 0 Å². The van der Waals surface area contributed by atoms with Gasteiger partial charge in [0.2, 0.25) is 0 Å². The number of para-hydroxylation sites is 1. The van der Waals surface area contributed by atoms with Crippen LogP contribution in [0.5, 0.6) is 5.75 Å². The van der Waals surface area contributed by atoms with Gasteiger partial charge < -0.3 is 14.8 Å². The number of carbonyl (C=O) groups is 2. The molecule has 6 heteroatoms. The molecule has 1 aliphatic rings. The van der Waals surface area contributed by atoms with Crippen LogP contribution in [0.4, 0.5) is 0 Å². The van der Waals surface area contributed by atoms with Gasteiger partial charge in [-0.05, 0) is 44.2 Å². The number of carbonyl (C=O) groups excluding carboxylic acids is 2. The number of amides is 1. The summed E-state index contributed by atoms with van der Waals surface area (Å²) in [6.45, 7) is 1.40. The standard InChI is InChI=1S/C18H22N2O4/c1-2-15(24-14-8-4-3-5-9-14)17(22)23-12-16(21)20-18(13-19)10-6-7-11-18/h3-5,8-9,15H,2,6-7,10-12H2,1H3,(H,20,21)/t15-/m1/s1. The molecule has 0 heterocycles. The third-order valence-corrected chi connectivity index (χ3v) is 4.05. The lowest BCUT2D eigenvalue weighted by atomic mass is 10.00. The molecule has 0 radical (unpaired) electrons. The Labute approximate surface area is 141 Å². The third kappa shape index (κ3) is 4.72. The molecule has 1 aromatic carbocycles. The van der Waals surface area contributed by atoms with Crippen molar-refractivity contribution in [1.29, 1.82) is 5.26 Å². The van der Waals surface area contributed by atoms with E-state index in [-0.39, 0.29) is 0 Å². The highest BCUT2D eigenvalue weighted by molar-refractivity contribution is 5.83. The lowest BCUT2D eigenvalue weighted by molar-refractivity contribution is -0.155. The van der Waals surface area contributed by atoms with E-state index in [1.54, 1.807) is 19.1 Å². The van der Waals surface area contributed by atoms with Crippen LogP contribution in [-0.4, -0.2) is 30.1 Å². The average molecular weight is 330 g/mol. The summed E-state index contributed by atoms with van der Waals surface area (Å²) in [4.78, 5) is 24.0. The van der Waals surface area contributed by atoms with Gasteiger partial charge in [0.15, 0.2) is 12.7 Å². The predicted molar refractivity (Wildman–Crippen MR) is 87.1 cm³/mol. The van der Waals surface area contributed by atoms with Crippen molar-refractivity contribution in [3.63, 3.8) is 0 Å². The van der Waals surface area contributed by atoms with Crippen molar-refractivity contribution in [2.75, 3.05) is 6.61 Å². The number of nitriles is 1. The molecule has 1 fully saturated rings. The highest BCUT2D eigenvalue weighted by atomic mass is 16.6. The summed E-state index contributed by atoms with van der Waals surface area (Å²) in [5, 5.41) is 11.9. The Morgan fingerprint density at radius 2 is 1.96 bits per heavy atom. The van der Waals surface area contributed by atoms with Gasteiger partial charge >= 0.3 is 5.97 Å². The highest BCUT2D eigenvalue weighted by Crippen LogP contribution is 2.28. The number of hydrogen-bond acceptors (Lipinski definition) is 5.